The number of hydrogen-bond acceptors (Lipinski definition) is 4. The highest BCUT2D eigenvalue weighted by Crippen LogP contribution is 2.45. The number of rotatable bonds is 5. The van der Waals surface area contributed by atoms with Crippen molar-refractivity contribution in [1.29, 1.82) is 0 Å². The monoisotopic (exact) mass is 767 g/mol. The predicted molar refractivity (Wildman–Crippen MR) is 250 cm³/mol. The minimum atomic E-state index is 0.639. The maximum absolute atomic E-state index is 5.62. The minimum absolute atomic E-state index is 0.639. The van der Waals surface area contributed by atoms with Crippen molar-refractivity contribution in [3.63, 3.8) is 0 Å². The summed E-state index contributed by atoms with van der Waals surface area (Å²) in [5.41, 5.74) is 7.37. The summed E-state index contributed by atoms with van der Waals surface area (Å²) in [4.78, 5) is 16.7. The van der Waals surface area contributed by atoms with Crippen molar-refractivity contribution in [2.24, 2.45) is 0 Å². The van der Waals surface area contributed by atoms with Crippen LogP contribution in [-0.4, -0.2) is 15.0 Å². The Morgan fingerprint density at radius 2 is 0.780 bits per heavy atom. The summed E-state index contributed by atoms with van der Waals surface area (Å²) in [6, 6.07) is 71.7. The van der Waals surface area contributed by atoms with Crippen LogP contribution in [0.5, 0.6) is 0 Å². The van der Waals surface area contributed by atoms with Gasteiger partial charge in [0.2, 0.25) is 0 Å². The van der Waals surface area contributed by atoms with Gasteiger partial charge in [-0.2, -0.15) is 0 Å². The van der Waals surface area contributed by atoms with Gasteiger partial charge < -0.3 is 0 Å². The first kappa shape index (κ1) is 33.6. The zero-order chi connectivity index (χ0) is 38.9. The Hall–Kier alpha value is -7.53. The molecule has 2 heterocycles. The van der Waals surface area contributed by atoms with Crippen LogP contribution >= 0.6 is 11.3 Å². The fourth-order valence-electron chi connectivity index (χ4n) is 8.95. The molecule has 0 spiro atoms. The molecule has 0 amide bonds. The van der Waals surface area contributed by atoms with E-state index in [4.69, 9.17) is 15.0 Å². The first-order valence-corrected chi connectivity index (χ1v) is 20.8. The van der Waals surface area contributed by atoms with Crippen LogP contribution in [0.3, 0.4) is 0 Å². The van der Waals surface area contributed by atoms with E-state index in [-0.39, 0.29) is 0 Å². The van der Waals surface area contributed by atoms with Crippen molar-refractivity contribution in [2.75, 3.05) is 0 Å². The second-order valence-electron chi connectivity index (χ2n) is 15.1. The number of aromatic nitrogens is 3. The van der Waals surface area contributed by atoms with Gasteiger partial charge in [0, 0.05) is 36.9 Å². The molecule has 4 heteroatoms. The molecule has 0 unspecified atom stereocenters. The van der Waals surface area contributed by atoms with Crippen LogP contribution in [-0.2, 0) is 0 Å². The van der Waals surface area contributed by atoms with Gasteiger partial charge in [-0.05, 0) is 83.5 Å². The molecule has 0 saturated carbocycles. The van der Waals surface area contributed by atoms with Gasteiger partial charge >= 0.3 is 0 Å². The zero-order valence-electron chi connectivity index (χ0n) is 31.8. The highest BCUT2D eigenvalue weighted by Gasteiger charge is 2.23. The van der Waals surface area contributed by atoms with Gasteiger partial charge in [0.05, 0.1) is 0 Å². The van der Waals surface area contributed by atoms with E-state index in [2.05, 4.69) is 200 Å². The van der Waals surface area contributed by atoms with Gasteiger partial charge in [0.15, 0.2) is 17.5 Å². The highest BCUT2D eigenvalue weighted by atomic mass is 32.1. The normalized spacial score (nSPS) is 11.7. The van der Waals surface area contributed by atoms with Crippen LogP contribution in [0.15, 0.2) is 200 Å². The molecule has 59 heavy (non-hydrogen) atoms. The van der Waals surface area contributed by atoms with E-state index in [9.17, 15) is 0 Å². The molecule has 12 rings (SSSR count). The van der Waals surface area contributed by atoms with Crippen molar-refractivity contribution >= 4 is 74.6 Å². The number of hydrogen-bond donors (Lipinski definition) is 0. The predicted octanol–water partition coefficient (Wildman–Crippen LogP) is 15.2. The Morgan fingerprint density at radius 3 is 1.53 bits per heavy atom. The molecule has 274 valence electrons. The Labute approximate surface area is 344 Å². The average molecular weight is 768 g/mol. The molecule has 0 atom stereocenters. The van der Waals surface area contributed by atoms with Crippen molar-refractivity contribution in [3.05, 3.63) is 200 Å². The van der Waals surface area contributed by atoms with Crippen molar-refractivity contribution < 1.29 is 0 Å². The van der Waals surface area contributed by atoms with E-state index in [1.165, 1.54) is 37.0 Å². The lowest BCUT2D eigenvalue weighted by Crippen LogP contribution is -2.03. The molecule has 0 N–H and O–H groups in total. The molecule has 2 aromatic heterocycles. The zero-order valence-corrected chi connectivity index (χ0v) is 32.6. The third-order valence-electron chi connectivity index (χ3n) is 11.7. The SMILES string of the molecule is c1ccc2cc(-c3ccc4ccccc4c3-c3nc(-c4c(-c5cccc6ccccc56)ccc5ccccc45)nc(-c4cccc5c4sc4ccccc45)n3)ccc2c1. The summed E-state index contributed by atoms with van der Waals surface area (Å²) in [5.74, 6) is 1.93. The average Bonchev–Trinajstić information content (AvgIpc) is 3.69. The van der Waals surface area contributed by atoms with Gasteiger partial charge in [-0.25, -0.2) is 15.0 Å². The minimum Gasteiger partial charge on any atom is -0.208 e. The molecule has 0 radical (unpaired) electrons. The van der Waals surface area contributed by atoms with Crippen molar-refractivity contribution in [2.45, 2.75) is 0 Å². The van der Waals surface area contributed by atoms with Crippen LogP contribution in [0, 0.1) is 0 Å². The topological polar surface area (TPSA) is 38.7 Å². The summed E-state index contributed by atoms with van der Waals surface area (Å²) in [6.45, 7) is 0. The highest BCUT2D eigenvalue weighted by molar-refractivity contribution is 7.26. The first-order valence-electron chi connectivity index (χ1n) is 19.9. The summed E-state index contributed by atoms with van der Waals surface area (Å²) >= 11 is 1.79. The third-order valence-corrected chi connectivity index (χ3v) is 12.9. The second-order valence-corrected chi connectivity index (χ2v) is 16.1. The molecular formula is C55H33N3S. The summed E-state index contributed by atoms with van der Waals surface area (Å²) in [5, 5.41) is 11.6. The lowest BCUT2D eigenvalue weighted by atomic mass is 9.90. The Kier molecular flexibility index (Phi) is 7.72. The molecule has 0 bridgehead atoms. The van der Waals surface area contributed by atoms with Crippen LogP contribution < -0.4 is 0 Å². The molecule has 12 aromatic rings. The number of nitrogens with zero attached hydrogens (tertiary/aromatic N) is 3. The van der Waals surface area contributed by atoms with Crippen LogP contribution in [0.25, 0.3) is 120 Å². The number of thiophene rings is 1. The van der Waals surface area contributed by atoms with Gasteiger partial charge in [0.25, 0.3) is 0 Å². The quantitative estimate of drug-likeness (QED) is 0.175. The molecule has 10 aromatic carbocycles. The molecule has 0 saturated heterocycles. The maximum atomic E-state index is 5.62. The smallest absolute Gasteiger partial charge is 0.165 e. The van der Waals surface area contributed by atoms with Crippen LogP contribution in [0.1, 0.15) is 0 Å². The molecule has 0 aliphatic rings. The lowest BCUT2D eigenvalue weighted by Gasteiger charge is -2.18. The van der Waals surface area contributed by atoms with E-state index >= 15 is 0 Å². The first-order chi connectivity index (χ1) is 29.2. The van der Waals surface area contributed by atoms with Gasteiger partial charge in [0.1, 0.15) is 0 Å². The van der Waals surface area contributed by atoms with E-state index in [0.29, 0.717) is 17.5 Å². The molecule has 0 aliphatic carbocycles. The van der Waals surface area contributed by atoms with Crippen LogP contribution in [0.2, 0.25) is 0 Å². The van der Waals surface area contributed by atoms with E-state index in [1.54, 1.807) is 11.3 Å². The second kappa shape index (κ2) is 13.6. The summed E-state index contributed by atoms with van der Waals surface area (Å²) in [6.07, 6.45) is 0. The fraction of sp³-hybridized carbons (Fsp3) is 0. The van der Waals surface area contributed by atoms with Gasteiger partial charge in [-0.15, -0.1) is 11.3 Å². The van der Waals surface area contributed by atoms with E-state index in [1.807, 2.05) is 0 Å². The van der Waals surface area contributed by atoms with E-state index in [0.717, 1.165) is 65.2 Å². The summed E-state index contributed by atoms with van der Waals surface area (Å²) < 4.78 is 2.40. The molecule has 3 nitrogen and oxygen atoms in total. The fourth-order valence-corrected chi connectivity index (χ4v) is 10.2. The van der Waals surface area contributed by atoms with Crippen LogP contribution in [0.4, 0.5) is 0 Å². The number of fused-ring (bicyclic) bond motifs is 7. The van der Waals surface area contributed by atoms with E-state index < -0.39 is 0 Å². The standard InChI is InChI=1S/C55H33N3S/c1-2-17-38-33-39(28-27-34(38)13-1)43-31-29-36-15-4-7-20-41(36)50(43)54-56-53(48-25-12-24-47-45-22-9-10-26-49(45)59-52(47)48)57-55(58-54)51-42-21-8-5-16-37(42)30-32-46(51)44-23-11-18-35-14-3-6-19-40(35)44/h1-33H. The summed E-state index contributed by atoms with van der Waals surface area (Å²) in [7, 11) is 0. The Balaban J connectivity index is 1.21. The largest absolute Gasteiger partial charge is 0.208 e. The van der Waals surface area contributed by atoms with Gasteiger partial charge in [-0.1, -0.05) is 182 Å². The Morgan fingerprint density at radius 1 is 0.288 bits per heavy atom. The third kappa shape index (κ3) is 5.53. The molecule has 0 aliphatic heterocycles. The lowest BCUT2D eigenvalue weighted by molar-refractivity contribution is 1.08. The van der Waals surface area contributed by atoms with Crippen molar-refractivity contribution in [1.82, 2.24) is 15.0 Å². The molecule has 0 fully saturated rings. The maximum Gasteiger partial charge on any atom is 0.165 e. The van der Waals surface area contributed by atoms with Crippen molar-refractivity contribution in [3.8, 4) is 56.4 Å². The molecular weight excluding hydrogens is 735 g/mol. The number of benzene rings is 10. The van der Waals surface area contributed by atoms with Gasteiger partial charge in [-0.3, -0.25) is 0 Å². The Bertz CT molecular complexity index is 3630.